The minimum Gasteiger partial charge on any atom is -0.496 e. The van der Waals surface area contributed by atoms with Gasteiger partial charge in [-0.2, -0.15) is 13.5 Å². The van der Waals surface area contributed by atoms with Gasteiger partial charge in [0.15, 0.2) is 0 Å². The first kappa shape index (κ1) is 17.7. The van der Waals surface area contributed by atoms with Gasteiger partial charge in [-0.3, -0.25) is 0 Å². The van der Waals surface area contributed by atoms with Crippen molar-refractivity contribution in [3.63, 3.8) is 0 Å². The van der Waals surface area contributed by atoms with Crippen molar-refractivity contribution in [1.29, 1.82) is 0 Å². The molecular weight excluding hydrogens is 324 g/mol. The van der Waals surface area contributed by atoms with Crippen molar-refractivity contribution in [2.45, 2.75) is 18.7 Å². The van der Waals surface area contributed by atoms with Crippen molar-refractivity contribution in [2.24, 2.45) is 5.10 Å². The summed E-state index contributed by atoms with van der Waals surface area (Å²) in [6.45, 7) is 3.59. The summed E-state index contributed by atoms with van der Waals surface area (Å²) >= 11 is 0. The third kappa shape index (κ3) is 4.45. The van der Waals surface area contributed by atoms with Gasteiger partial charge in [0.05, 0.1) is 12.0 Å². The molecule has 0 aliphatic rings. The number of nitrogens with one attached hydrogen (secondary N) is 1. The standard InChI is InChI=1S/C18H20N2O3S/c1-14-10-11-15(2)18(13-14)24(21,22)20-19-12-6-8-16-7-4-5-9-17(16)23-3/h4-13,20H,1-3H3. The van der Waals surface area contributed by atoms with Gasteiger partial charge in [0, 0.05) is 11.8 Å². The highest BCUT2D eigenvalue weighted by Crippen LogP contribution is 2.18. The second-order valence-electron chi connectivity index (χ2n) is 5.24. The van der Waals surface area contributed by atoms with Crippen LogP contribution in [0.15, 0.2) is 58.5 Å². The van der Waals surface area contributed by atoms with Crippen molar-refractivity contribution < 1.29 is 13.2 Å². The summed E-state index contributed by atoms with van der Waals surface area (Å²) in [5.74, 6) is 0.734. The number of aryl methyl sites for hydroxylation is 2. The summed E-state index contributed by atoms with van der Waals surface area (Å²) in [4.78, 5) is 2.45. The lowest BCUT2D eigenvalue weighted by Gasteiger charge is -2.07. The molecule has 2 aromatic rings. The van der Waals surface area contributed by atoms with E-state index in [0.29, 0.717) is 5.56 Å². The Bertz CT molecular complexity index is 872. The Labute approximate surface area is 142 Å². The number of hydrogen-bond donors (Lipinski definition) is 1. The highest BCUT2D eigenvalue weighted by atomic mass is 32.2. The Balaban J connectivity index is 2.08. The largest absolute Gasteiger partial charge is 0.496 e. The number of sulfonamides is 1. The van der Waals surface area contributed by atoms with E-state index in [2.05, 4.69) is 9.93 Å². The number of hydrazone groups is 1. The summed E-state index contributed by atoms with van der Waals surface area (Å²) in [6.07, 6.45) is 4.81. The molecular formula is C18H20N2O3S. The molecule has 0 unspecified atom stereocenters. The predicted molar refractivity (Wildman–Crippen MR) is 96.8 cm³/mol. The average molecular weight is 344 g/mol. The van der Waals surface area contributed by atoms with Gasteiger partial charge >= 0.3 is 0 Å². The van der Waals surface area contributed by atoms with Gasteiger partial charge in [0.1, 0.15) is 5.75 Å². The van der Waals surface area contributed by atoms with Crippen LogP contribution in [0.25, 0.3) is 6.08 Å². The number of hydrogen-bond acceptors (Lipinski definition) is 4. The number of rotatable bonds is 6. The maximum Gasteiger partial charge on any atom is 0.276 e. The molecule has 24 heavy (non-hydrogen) atoms. The summed E-state index contributed by atoms with van der Waals surface area (Å²) in [5, 5.41) is 3.77. The molecule has 0 saturated carbocycles. The van der Waals surface area contributed by atoms with E-state index < -0.39 is 10.0 Å². The molecule has 0 saturated heterocycles. The molecule has 0 atom stereocenters. The molecule has 0 spiro atoms. The fourth-order valence-electron chi connectivity index (χ4n) is 2.14. The van der Waals surface area contributed by atoms with Crippen molar-refractivity contribution in [3.8, 4) is 5.75 Å². The molecule has 5 nitrogen and oxygen atoms in total. The zero-order valence-electron chi connectivity index (χ0n) is 13.9. The fourth-order valence-corrected chi connectivity index (χ4v) is 3.27. The number of ether oxygens (including phenoxy) is 1. The first-order valence-electron chi connectivity index (χ1n) is 7.36. The van der Waals surface area contributed by atoms with Crippen molar-refractivity contribution in [1.82, 2.24) is 4.83 Å². The predicted octanol–water partition coefficient (Wildman–Crippen LogP) is 3.29. The lowest BCUT2D eigenvalue weighted by atomic mass is 10.2. The molecule has 0 radical (unpaired) electrons. The fraction of sp³-hybridized carbons (Fsp3) is 0.167. The van der Waals surface area contributed by atoms with E-state index in [1.807, 2.05) is 37.3 Å². The Hall–Kier alpha value is -2.60. The van der Waals surface area contributed by atoms with E-state index in [0.717, 1.165) is 16.9 Å². The van der Waals surface area contributed by atoms with Crippen LogP contribution in [0.3, 0.4) is 0 Å². The molecule has 0 heterocycles. The third-order valence-electron chi connectivity index (χ3n) is 3.38. The summed E-state index contributed by atoms with van der Waals surface area (Å²) < 4.78 is 29.8. The topological polar surface area (TPSA) is 67.8 Å². The number of para-hydroxylation sites is 1. The molecule has 0 amide bonds. The number of allylic oxidation sites excluding steroid dienone is 1. The van der Waals surface area contributed by atoms with Gasteiger partial charge in [-0.05, 0) is 49.3 Å². The Morgan fingerprint density at radius 1 is 1.12 bits per heavy atom. The van der Waals surface area contributed by atoms with Crippen LogP contribution in [0, 0.1) is 13.8 Å². The molecule has 2 rings (SSSR count). The van der Waals surface area contributed by atoms with E-state index >= 15 is 0 Å². The van der Waals surface area contributed by atoms with Crippen molar-refractivity contribution in [3.05, 3.63) is 65.2 Å². The quantitative estimate of drug-likeness (QED) is 0.646. The lowest BCUT2D eigenvalue weighted by Crippen LogP contribution is -2.19. The van der Waals surface area contributed by atoms with Gasteiger partial charge in [0.2, 0.25) is 0 Å². The molecule has 6 heteroatoms. The first-order chi connectivity index (χ1) is 11.4. The number of nitrogens with zero attached hydrogens (tertiary/aromatic N) is 1. The van der Waals surface area contributed by atoms with Crippen LogP contribution in [0.5, 0.6) is 5.75 Å². The molecule has 126 valence electrons. The highest BCUT2D eigenvalue weighted by molar-refractivity contribution is 7.89. The monoisotopic (exact) mass is 344 g/mol. The maximum absolute atomic E-state index is 12.3. The Morgan fingerprint density at radius 3 is 2.62 bits per heavy atom. The van der Waals surface area contributed by atoms with E-state index in [9.17, 15) is 8.42 Å². The van der Waals surface area contributed by atoms with Gasteiger partial charge in [0.25, 0.3) is 10.0 Å². The third-order valence-corrected chi connectivity index (χ3v) is 4.75. The van der Waals surface area contributed by atoms with Crippen LogP contribution in [0.1, 0.15) is 16.7 Å². The summed E-state index contributed by atoms with van der Waals surface area (Å²) in [5.41, 5.74) is 2.43. The average Bonchev–Trinajstić information content (AvgIpc) is 2.57. The van der Waals surface area contributed by atoms with Crippen molar-refractivity contribution >= 4 is 22.3 Å². The van der Waals surface area contributed by atoms with E-state index in [4.69, 9.17) is 4.74 Å². The number of methoxy groups -OCH3 is 1. The first-order valence-corrected chi connectivity index (χ1v) is 8.84. The second kappa shape index (κ2) is 7.79. The maximum atomic E-state index is 12.3. The van der Waals surface area contributed by atoms with E-state index in [1.54, 1.807) is 38.3 Å². The zero-order chi connectivity index (χ0) is 17.6. The van der Waals surface area contributed by atoms with Crippen LogP contribution in [0.4, 0.5) is 0 Å². The normalized spacial score (nSPS) is 12.0. The minimum absolute atomic E-state index is 0.230. The number of benzene rings is 2. The van der Waals surface area contributed by atoms with E-state index in [-0.39, 0.29) is 4.90 Å². The van der Waals surface area contributed by atoms with Crippen LogP contribution >= 0.6 is 0 Å². The minimum atomic E-state index is -3.68. The second-order valence-corrected chi connectivity index (χ2v) is 6.87. The van der Waals surface area contributed by atoms with Crippen LogP contribution in [-0.2, 0) is 10.0 Å². The van der Waals surface area contributed by atoms with Gasteiger partial charge in [-0.25, -0.2) is 4.83 Å². The summed E-state index contributed by atoms with van der Waals surface area (Å²) in [6, 6.07) is 12.8. The molecule has 0 aliphatic heterocycles. The van der Waals surface area contributed by atoms with Crippen molar-refractivity contribution in [2.75, 3.05) is 7.11 Å². The van der Waals surface area contributed by atoms with Gasteiger partial charge in [-0.15, -0.1) is 0 Å². The summed E-state index contributed by atoms with van der Waals surface area (Å²) in [7, 11) is -2.08. The van der Waals surface area contributed by atoms with Crippen LogP contribution < -0.4 is 9.57 Å². The van der Waals surface area contributed by atoms with E-state index in [1.165, 1.54) is 6.21 Å². The lowest BCUT2D eigenvalue weighted by molar-refractivity contribution is 0.414. The molecule has 2 aromatic carbocycles. The molecule has 0 fully saturated rings. The highest BCUT2D eigenvalue weighted by Gasteiger charge is 2.15. The van der Waals surface area contributed by atoms with Crippen LogP contribution in [-0.4, -0.2) is 21.7 Å². The Kier molecular flexibility index (Phi) is 5.76. The molecule has 0 aliphatic carbocycles. The van der Waals surface area contributed by atoms with Gasteiger partial charge in [-0.1, -0.05) is 30.3 Å². The molecule has 0 bridgehead atoms. The molecule has 1 N–H and O–H groups in total. The molecule has 0 aromatic heterocycles. The van der Waals surface area contributed by atoms with Crippen LogP contribution in [0.2, 0.25) is 0 Å². The van der Waals surface area contributed by atoms with Gasteiger partial charge < -0.3 is 4.74 Å². The SMILES string of the molecule is COc1ccccc1C=CC=NNS(=O)(=O)c1cc(C)ccc1C. The smallest absolute Gasteiger partial charge is 0.276 e. The Morgan fingerprint density at radius 2 is 1.88 bits per heavy atom. The zero-order valence-corrected chi connectivity index (χ0v) is 14.7.